The van der Waals surface area contributed by atoms with Crippen LogP contribution in [0.3, 0.4) is 0 Å². The number of aromatic nitrogens is 6. The first-order chi connectivity index (χ1) is 14.5. The Kier molecular flexibility index (Phi) is 5.21. The number of amides is 1. The van der Waals surface area contributed by atoms with Gasteiger partial charge in [-0.25, -0.2) is 14.0 Å². The zero-order valence-corrected chi connectivity index (χ0v) is 17.5. The van der Waals surface area contributed by atoms with Crippen LogP contribution in [0.4, 0.5) is 11.8 Å². The molecule has 0 fully saturated rings. The highest BCUT2D eigenvalue weighted by atomic mass is 16.2. The summed E-state index contributed by atoms with van der Waals surface area (Å²) in [6.07, 6.45) is 6.57. The number of fused-ring (bicyclic) bond motifs is 2. The summed E-state index contributed by atoms with van der Waals surface area (Å²) in [6.45, 7) is 2.03. The van der Waals surface area contributed by atoms with Gasteiger partial charge in [0, 0.05) is 57.8 Å². The van der Waals surface area contributed by atoms with Gasteiger partial charge in [0.1, 0.15) is 5.52 Å². The second-order valence-corrected chi connectivity index (χ2v) is 7.25. The fourth-order valence-electron chi connectivity index (χ4n) is 3.30. The molecule has 4 rings (SSSR count). The van der Waals surface area contributed by atoms with Crippen LogP contribution in [0.25, 0.3) is 22.4 Å². The van der Waals surface area contributed by atoms with E-state index in [-0.39, 0.29) is 11.9 Å². The molecule has 2 N–H and O–H groups in total. The molecule has 0 aliphatic heterocycles. The third-order valence-corrected chi connectivity index (χ3v) is 5.02. The molecule has 1 unspecified atom stereocenters. The maximum absolute atomic E-state index is 12.1. The summed E-state index contributed by atoms with van der Waals surface area (Å²) in [5.41, 5.74) is 3.33. The van der Waals surface area contributed by atoms with Gasteiger partial charge in [-0.2, -0.15) is 10.1 Å². The number of nitrogens with zero attached hydrogens (tertiary/aromatic N) is 7. The van der Waals surface area contributed by atoms with E-state index in [2.05, 4.69) is 30.8 Å². The monoisotopic (exact) mass is 407 g/mol. The summed E-state index contributed by atoms with van der Waals surface area (Å²) in [5.74, 6) is 1.20. The molecule has 4 aromatic heterocycles. The molecule has 0 aliphatic rings. The first-order valence-corrected chi connectivity index (χ1v) is 9.84. The summed E-state index contributed by atoms with van der Waals surface area (Å²) in [5, 5.41) is 15.7. The van der Waals surface area contributed by atoms with Crippen molar-refractivity contribution in [1.29, 1.82) is 0 Å². The number of carbonyl (C=O) groups is 1. The Morgan fingerprint density at radius 3 is 2.73 bits per heavy atom. The Balaban J connectivity index is 1.69. The van der Waals surface area contributed by atoms with Gasteiger partial charge in [0.05, 0.1) is 5.69 Å². The molecular weight excluding hydrogens is 382 g/mol. The van der Waals surface area contributed by atoms with E-state index in [0.717, 1.165) is 28.8 Å². The van der Waals surface area contributed by atoms with Crippen LogP contribution in [0.2, 0.25) is 0 Å². The summed E-state index contributed by atoms with van der Waals surface area (Å²) >= 11 is 0. The van der Waals surface area contributed by atoms with E-state index in [0.29, 0.717) is 18.2 Å². The molecule has 4 heterocycles. The number of hydrogen-bond donors (Lipinski definition) is 2. The molecule has 10 heteroatoms. The van der Waals surface area contributed by atoms with E-state index in [1.54, 1.807) is 34.2 Å². The number of nitrogens with one attached hydrogen (secondary N) is 2. The fourth-order valence-corrected chi connectivity index (χ4v) is 3.30. The van der Waals surface area contributed by atoms with Crippen LogP contribution in [0.15, 0.2) is 36.8 Å². The van der Waals surface area contributed by atoms with Crippen LogP contribution < -0.4 is 10.6 Å². The van der Waals surface area contributed by atoms with Gasteiger partial charge >= 0.3 is 0 Å². The molecule has 10 nitrogen and oxygen atoms in total. The third-order valence-electron chi connectivity index (χ3n) is 5.02. The number of hydrogen-bond acceptors (Lipinski definition) is 7. The first kappa shape index (κ1) is 19.6. The minimum absolute atomic E-state index is 0.0533. The zero-order valence-electron chi connectivity index (χ0n) is 17.5. The van der Waals surface area contributed by atoms with Crippen LogP contribution in [0.1, 0.15) is 19.8 Å². The average molecular weight is 407 g/mol. The second kappa shape index (κ2) is 7.97. The van der Waals surface area contributed by atoms with Gasteiger partial charge in [-0.15, -0.1) is 5.10 Å². The lowest BCUT2D eigenvalue weighted by Crippen LogP contribution is -2.30. The molecular formula is C20H25N9O. The summed E-state index contributed by atoms with van der Waals surface area (Å²) < 4.78 is 3.51. The first-order valence-electron chi connectivity index (χ1n) is 9.84. The van der Waals surface area contributed by atoms with Gasteiger partial charge in [-0.05, 0) is 24.6 Å². The third kappa shape index (κ3) is 3.63. The Bertz CT molecular complexity index is 1190. The predicted octanol–water partition coefficient (Wildman–Crippen LogP) is 2.15. The molecule has 0 aliphatic carbocycles. The van der Waals surface area contributed by atoms with E-state index in [1.807, 2.05) is 44.6 Å². The highest BCUT2D eigenvalue weighted by molar-refractivity contribution is 5.87. The van der Waals surface area contributed by atoms with Crippen molar-refractivity contribution in [3.63, 3.8) is 0 Å². The van der Waals surface area contributed by atoms with Crippen LogP contribution in [0, 0.1) is 0 Å². The largest absolute Gasteiger partial charge is 0.371 e. The molecule has 0 bridgehead atoms. The maximum atomic E-state index is 12.1. The van der Waals surface area contributed by atoms with Crippen molar-refractivity contribution in [3.8, 4) is 11.3 Å². The molecule has 1 amide bonds. The molecule has 0 saturated heterocycles. The van der Waals surface area contributed by atoms with Gasteiger partial charge in [0.2, 0.25) is 11.9 Å². The van der Waals surface area contributed by atoms with Gasteiger partial charge in [0.25, 0.3) is 0 Å². The van der Waals surface area contributed by atoms with E-state index in [1.165, 1.54) is 0 Å². The van der Waals surface area contributed by atoms with Crippen LogP contribution in [-0.2, 0) is 4.79 Å². The normalized spacial score (nSPS) is 12.3. The molecule has 4 aromatic rings. The highest BCUT2D eigenvalue weighted by Crippen LogP contribution is 2.29. The van der Waals surface area contributed by atoms with Crippen molar-refractivity contribution in [3.05, 3.63) is 36.8 Å². The maximum Gasteiger partial charge on any atom is 0.243 e. The Morgan fingerprint density at radius 1 is 1.17 bits per heavy atom. The van der Waals surface area contributed by atoms with E-state index in [4.69, 9.17) is 0 Å². The minimum Gasteiger partial charge on any atom is -0.371 e. The topological polar surface area (TPSA) is 105 Å². The van der Waals surface area contributed by atoms with Gasteiger partial charge < -0.3 is 15.5 Å². The van der Waals surface area contributed by atoms with Gasteiger partial charge in [0.15, 0.2) is 11.5 Å². The van der Waals surface area contributed by atoms with Crippen molar-refractivity contribution in [2.75, 3.05) is 31.8 Å². The minimum atomic E-state index is -0.0533. The smallest absolute Gasteiger partial charge is 0.243 e. The lowest BCUT2D eigenvalue weighted by molar-refractivity contribution is -0.128. The van der Waals surface area contributed by atoms with E-state index < -0.39 is 0 Å². The Labute approximate surface area is 173 Å². The lowest BCUT2D eigenvalue weighted by Gasteiger charge is -2.19. The number of carbonyl (C=O) groups excluding carboxylic acids is 1. The fraction of sp³-hybridized carbons (Fsp3) is 0.350. The second-order valence-electron chi connectivity index (χ2n) is 7.25. The molecule has 0 aromatic carbocycles. The molecule has 1 atom stereocenters. The molecule has 0 saturated carbocycles. The number of rotatable bonds is 7. The van der Waals surface area contributed by atoms with Crippen LogP contribution in [-0.4, -0.2) is 67.2 Å². The standard InChI is InChI=1S/C20H25N9O/c1-5-13(12-17(30)27(3)4)23-20-24-19(21-2)18-14(8-10-29(18)26-20)15-6-7-16-22-9-11-28(16)25-15/h6-11,13H,5,12H2,1-4H3,(H2,21,23,24,26). The molecule has 0 spiro atoms. The zero-order chi connectivity index (χ0) is 21.3. The van der Waals surface area contributed by atoms with Crippen molar-refractivity contribution in [2.24, 2.45) is 0 Å². The lowest BCUT2D eigenvalue weighted by atomic mass is 10.1. The highest BCUT2D eigenvalue weighted by Gasteiger charge is 2.18. The summed E-state index contributed by atoms with van der Waals surface area (Å²) in [6, 6.07) is 5.77. The van der Waals surface area contributed by atoms with E-state index >= 15 is 0 Å². The summed E-state index contributed by atoms with van der Waals surface area (Å²) in [7, 11) is 5.34. The van der Waals surface area contributed by atoms with Crippen molar-refractivity contribution in [2.45, 2.75) is 25.8 Å². The number of anilines is 2. The molecule has 30 heavy (non-hydrogen) atoms. The molecule has 156 valence electrons. The summed E-state index contributed by atoms with van der Waals surface area (Å²) in [4.78, 5) is 22.6. The van der Waals surface area contributed by atoms with Crippen molar-refractivity contribution in [1.82, 2.24) is 34.1 Å². The Hall–Kier alpha value is -3.69. The number of imidazole rings is 1. The van der Waals surface area contributed by atoms with Crippen molar-refractivity contribution >= 4 is 28.8 Å². The van der Waals surface area contributed by atoms with Gasteiger partial charge in [-0.1, -0.05) is 6.92 Å². The SMILES string of the molecule is CCC(CC(=O)N(C)C)Nc1nc(NC)c2c(-c3ccc4nccn4n3)ccn2n1. The van der Waals surface area contributed by atoms with Gasteiger partial charge in [-0.3, -0.25) is 4.79 Å². The average Bonchev–Trinajstić information content (AvgIpc) is 3.38. The van der Waals surface area contributed by atoms with Crippen LogP contribution in [0.5, 0.6) is 0 Å². The van der Waals surface area contributed by atoms with E-state index in [9.17, 15) is 4.79 Å². The Morgan fingerprint density at radius 2 is 2.00 bits per heavy atom. The predicted molar refractivity (Wildman–Crippen MR) is 116 cm³/mol. The van der Waals surface area contributed by atoms with Crippen molar-refractivity contribution < 1.29 is 4.79 Å². The quantitative estimate of drug-likeness (QED) is 0.484. The molecule has 0 radical (unpaired) electrons. The van der Waals surface area contributed by atoms with Crippen LogP contribution >= 0.6 is 0 Å².